The van der Waals surface area contributed by atoms with Gasteiger partial charge in [-0.1, -0.05) is 53.7 Å². The monoisotopic (exact) mass is 291 g/mol. The third-order valence-corrected chi connectivity index (χ3v) is 3.64. The predicted molar refractivity (Wildman–Crippen MR) is 85.2 cm³/mol. The van der Waals surface area contributed by atoms with Gasteiger partial charge in [0.1, 0.15) is 0 Å². The lowest BCUT2D eigenvalue weighted by Crippen LogP contribution is -2.05. The first-order valence-corrected chi connectivity index (χ1v) is 7.30. The standard InChI is InChI=1S/C18H17N3O/c1-14-18(17(22)13-12-15-8-4-2-5-9-15)19-20-21(14)16-10-6-3-7-11-16/h2-11H,12-13H2,1H3. The van der Waals surface area contributed by atoms with Gasteiger partial charge in [-0.15, -0.1) is 5.10 Å². The molecule has 0 bridgehead atoms. The van der Waals surface area contributed by atoms with E-state index in [0.29, 0.717) is 12.1 Å². The fourth-order valence-electron chi connectivity index (χ4n) is 2.42. The van der Waals surface area contributed by atoms with Gasteiger partial charge in [0, 0.05) is 6.42 Å². The van der Waals surface area contributed by atoms with Gasteiger partial charge < -0.3 is 0 Å². The quantitative estimate of drug-likeness (QED) is 0.677. The SMILES string of the molecule is Cc1c(C(=O)CCc2ccccc2)nnn1-c1ccccc1. The van der Waals surface area contributed by atoms with Gasteiger partial charge in [-0.25, -0.2) is 4.68 Å². The Morgan fingerprint density at radius 2 is 1.64 bits per heavy atom. The van der Waals surface area contributed by atoms with Gasteiger partial charge in [0.25, 0.3) is 0 Å². The van der Waals surface area contributed by atoms with Gasteiger partial charge in [0.15, 0.2) is 11.5 Å². The second-order valence-corrected chi connectivity index (χ2v) is 5.18. The number of carbonyl (C=O) groups excluding carboxylic acids is 1. The van der Waals surface area contributed by atoms with Crippen molar-refractivity contribution in [1.82, 2.24) is 15.0 Å². The molecule has 4 nitrogen and oxygen atoms in total. The van der Waals surface area contributed by atoms with E-state index in [1.807, 2.05) is 67.6 Å². The Morgan fingerprint density at radius 3 is 2.32 bits per heavy atom. The van der Waals surface area contributed by atoms with E-state index >= 15 is 0 Å². The van der Waals surface area contributed by atoms with Crippen molar-refractivity contribution >= 4 is 5.78 Å². The minimum absolute atomic E-state index is 0.0311. The minimum atomic E-state index is 0.0311. The summed E-state index contributed by atoms with van der Waals surface area (Å²) in [5, 5.41) is 8.18. The summed E-state index contributed by atoms with van der Waals surface area (Å²) in [4.78, 5) is 12.4. The van der Waals surface area contributed by atoms with Crippen molar-refractivity contribution in [2.45, 2.75) is 19.8 Å². The van der Waals surface area contributed by atoms with E-state index in [2.05, 4.69) is 10.3 Å². The highest BCUT2D eigenvalue weighted by Crippen LogP contribution is 2.14. The van der Waals surface area contributed by atoms with E-state index in [9.17, 15) is 4.79 Å². The van der Waals surface area contributed by atoms with Crippen LogP contribution >= 0.6 is 0 Å². The van der Waals surface area contributed by atoms with Gasteiger partial charge in [0.05, 0.1) is 11.4 Å². The number of para-hydroxylation sites is 1. The van der Waals surface area contributed by atoms with Crippen molar-refractivity contribution in [2.24, 2.45) is 0 Å². The third-order valence-electron chi connectivity index (χ3n) is 3.64. The second kappa shape index (κ2) is 6.35. The Bertz CT molecular complexity index is 764. The van der Waals surface area contributed by atoms with Gasteiger partial charge in [-0.05, 0) is 31.0 Å². The Hall–Kier alpha value is -2.75. The van der Waals surface area contributed by atoms with Crippen molar-refractivity contribution < 1.29 is 4.79 Å². The maximum Gasteiger partial charge on any atom is 0.185 e. The average molecular weight is 291 g/mol. The third kappa shape index (κ3) is 2.96. The first kappa shape index (κ1) is 14.2. The highest BCUT2D eigenvalue weighted by molar-refractivity contribution is 5.95. The van der Waals surface area contributed by atoms with Gasteiger partial charge in [-0.3, -0.25) is 4.79 Å². The first-order chi connectivity index (χ1) is 10.8. The molecular formula is C18H17N3O. The molecule has 0 spiro atoms. The van der Waals surface area contributed by atoms with Crippen LogP contribution in [0.25, 0.3) is 5.69 Å². The van der Waals surface area contributed by atoms with E-state index in [4.69, 9.17) is 0 Å². The molecule has 2 aromatic carbocycles. The molecule has 0 unspecified atom stereocenters. The molecule has 0 fully saturated rings. The Kier molecular flexibility index (Phi) is 4.10. The topological polar surface area (TPSA) is 47.8 Å². The van der Waals surface area contributed by atoms with Crippen LogP contribution < -0.4 is 0 Å². The zero-order valence-electron chi connectivity index (χ0n) is 12.4. The molecular weight excluding hydrogens is 274 g/mol. The zero-order chi connectivity index (χ0) is 15.4. The number of Topliss-reactive ketones (excluding diaryl/α,β-unsaturated/α-hetero) is 1. The van der Waals surface area contributed by atoms with Gasteiger partial charge in [0.2, 0.25) is 0 Å². The summed E-state index contributed by atoms with van der Waals surface area (Å²) >= 11 is 0. The summed E-state index contributed by atoms with van der Waals surface area (Å²) in [6.45, 7) is 1.88. The van der Waals surface area contributed by atoms with E-state index < -0.39 is 0 Å². The lowest BCUT2D eigenvalue weighted by molar-refractivity contribution is 0.0977. The second-order valence-electron chi connectivity index (χ2n) is 5.18. The van der Waals surface area contributed by atoms with Crippen LogP contribution in [0.15, 0.2) is 60.7 Å². The molecule has 0 saturated heterocycles. The summed E-state index contributed by atoms with van der Waals surface area (Å²) < 4.78 is 1.70. The number of benzene rings is 2. The number of aryl methyl sites for hydroxylation is 1. The van der Waals surface area contributed by atoms with Gasteiger partial charge >= 0.3 is 0 Å². The molecule has 0 amide bonds. The number of nitrogens with zero attached hydrogens (tertiary/aromatic N) is 3. The predicted octanol–water partition coefficient (Wildman–Crippen LogP) is 3.39. The summed E-state index contributed by atoms with van der Waals surface area (Å²) in [6.07, 6.45) is 1.16. The Labute approximate surface area is 129 Å². The summed E-state index contributed by atoms with van der Waals surface area (Å²) in [5.41, 5.74) is 3.31. The highest BCUT2D eigenvalue weighted by Gasteiger charge is 2.16. The fraction of sp³-hybridized carbons (Fsp3) is 0.167. The fourth-order valence-corrected chi connectivity index (χ4v) is 2.42. The molecule has 0 aliphatic heterocycles. The van der Waals surface area contributed by atoms with Crippen molar-refractivity contribution in [3.63, 3.8) is 0 Å². The molecule has 3 aromatic rings. The van der Waals surface area contributed by atoms with Crippen molar-refractivity contribution in [2.75, 3.05) is 0 Å². The number of hydrogen-bond donors (Lipinski definition) is 0. The lowest BCUT2D eigenvalue weighted by atomic mass is 10.1. The van der Waals surface area contributed by atoms with E-state index in [-0.39, 0.29) is 5.78 Å². The van der Waals surface area contributed by atoms with Crippen LogP contribution in [-0.4, -0.2) is 20.8 Å². The molecule has 1 aromatic heterocycles. The number of aromatic nitrogens is 3. The maximum atomic E-state index is 12.4. The number of ketones is 1. The van der Waals surface area contributed by atoms with Crippen LogP contribution in [-0.2, 0) is 6.42 Å². The molecule has 0 aliphatic carbocycles. The normalized spacial score (nSPS) is 10.6. The Morgan fingerprint density at radius 1 is 1.00 bits per heavy atom. The maximum absolute atomic E-state index is 12.4. The molecule has 0 atom stereocenters. The van der Waals surface area contributed by atoms with Crippen LogP contribution in [0.5, 0.6) is 0 Å². The van der Waals surface area contributed by atoms with E-state index in [1.165, 1.54) is 0 Å². The molecule has 110 valence electrons. The van der Waals surface area contributed by atoms with Crippen molar-refractivity contribution in [3.8, 4) is 5.69 Å². The summed E-state index contributed by atoms with van der Waals surface area (Å²) in [6, 6.07) is 19.7. The van der Waals surface area contributed by atoms with Crippen LogP contribution in [0.2, 0.25) is 0 Å². The lowest BCUT2D eigenvalue weighted by Gasteiger charge is -2.03. The van der Waals surface area contributed by atoms with Crippen LogP contribution in [0.3, 0.4) is 0 Å². The van der Waals surface area contributed by atoms with Crippen LogP contribution in [0.1, 0.15) is 28.2 Å². The van der Waals surface area contributed by atoms with Gasteiger partial charge in [-0.2, -0.15) is 0 Å². The van der Waals surface area contributed by atoms with Crippen LogP contribution in [0.4, 0.5) is 0 Å². The minimum Gasteiger partial charge on any atom is -0.292 e. The number of hydrogen-bond acceptors (Lipinski definition) is 3. The highest BCUT2D eigenvalue weighted by atomic mass is 16.1. The largest absolute Gasteiger partial charge is 0.292 e. The van der Waals surface area contributed by atoms with Crippen molar-refractivity contribution in [1.29, 1.82) is 0 Å². The van der Waals surface area contributed by atoms with Crippen LogP contribution in [0, 0.1) is 6.92 Å². The molecule has 22 heavy (non-hydrogen) atoms. The summed E-state index contributed by atoms with van der Waals surface area (Å²) in [7, 11) is 0. The van der Waals surface area contributed by atoms with E-state index in [0.717, 1.165) is 23.4 Å². The first-order valence-electron chi connectivity index (χ1n) is 7.30. The summed E-state index contributed by atoms with van der Waals surface area (Å²) in [5.74, 6) is 0.0311. The molecule has 4 heteroatoms. The molecule has 0 radical (unpaired) electrons. The van der Waals surface area contributed by atoms with E-state index in [1.54, 1.807) is 4.68 Å². The zero-order valence-corrected chi connectivity index (χ0v) is 12.4. The van der Waals surface area contributed by atoms with Crippen molar-refractivity contribution in [3.05, 3.63) is 77.6 Å². The molecule has 1 heterocycles. The Balaban J connectivity index is 1.75. The molecule has 3 rings (SSSR count). The molecule has 0 aliphatic rings. The smallest absolute Gasteiger partial charge is 0.185 e. The average Bonchev–Trinajstić information content (AvgIpc) is 2.96. The molecule has 0 N–H and O–H groups in total. The number of rotatable bonds is 5. The molecule has 0 saturated carbocycles. The number of carbonyl (C=O) groups is 1.